The van der Waals surface area contributed by atoms with E-state index in [-0.39, 0.29) is 21.2 Å². The van der Waals surface area contributed by atoms with Crippen LogP contribution >= 0.6 is 39.1 Å². The van der Waals surface area contributed by atoms with Crippen LogP contribution in [-0.2, 0) is 15.2 Å². The second-order valence-electron chi connectivity index (χ2n) is 7.16. The summed E-state index contributed by atoms with van der Waals surface area (Å²) >= 11 is 15.2. The number of esters is 1. The molecule has 0 aromatic heterocycles. The van der Waals surface area contributed by atoms with E-state index >= 15 is 0 Å². The van der Waals surface area contributed by atoms with Crippen LogP contribution < -0.4 is 0 Å². The van der Waals surface area contributed by atoms with Crippen molar-refractivity contribution >= 4 is 51.0 Å². The van der Waals surface area contributed by atoms with Gasteiger partial charge < -0.3 is 9.57 Å². The third kappa shape index (κ3) is 4.60. The fourth-order valence-corrected chi connectivity index (χ4v) is 4.59. The summed E-state index contributed by atoms with van der Waals surface area (Å²) in [5.74, 6) is -1.41. The highest BCUT2D eigenvalue weighted by atomic mass is 79.9. The smallest absolute Gasteiger partial charge is 0.404 e. The predicted molar refractivity (Wildman–Crippen MR) is 122 cm³/mol. The number of nitrogens with zero attached hydrogens (tertiary/aromatic N) is 1. The summed E-state index contributed by atoms with van der Waals surface area (Å²) in [6, 6.07) is 17.7. The molecule has 0 aliphatic carbocycles. The summed E-state index contributed by atoms with van der Waals surface area (Å²) in [7, 11) is 0. The predicted octanol–water partition coefficient (Wildman–Crippen LogP) is 7.77. The van der Waals surface area contributed by atoms with E-state index in [0.29, 0.717) is 10.0 Å². The number of halogens is 6. The molecular formula is C23H13BrCl2F3NO3. The lowest BCUT2D eigenvalue weighted by Gasteiger charge is -2.29. The van der Waals surface area contributed by atoms with E-state index in [1.165, 1.54) is 12.1 Å². The molecule has 33 heavy (non-hydrogen) atoms. The van der Waals surface area contributed by atoms with Crippen LogP contribution in [0.15, 0.2) is 76.4 Å². The Balaban J connectivity index is 1.61. The second-order valence-corrected chi connectivity index (χ2v) is 8.82. The maximum absolute atomic E-state index is 14.1. The maximum Gasteiger partial charge on any atom is 0.435 e. The third-order valence-corrected chi connectivity index (χ3v) is 6.29. The van der Waals surface area contributed by atoms with Gasteiger partial charge in [-0.2, -0.15) is 13.2 Å². The molecule has 170 valence electrons. The minimum Gasteiger partial charge on any atom is -0.404 e. The first-order chi connectivity index (χ1) is 15.6. The lowest BCUT2D eigenvalue weighted by Crippen LogP contribution is -2.43. The molecular weight excluding hydrogens is 546 g/mol. The van der Waals surface area contributed by atoms with Gasteiger partial charge in [0, 0.05) is 20.1 Å². The minimum atomic E-state index is -4.90. The number of benzene rings is 3. The van der Waals surface area contributed by atoms with Crippen LogP contribution in [0.4, 0.5) is 13.2 Å². The summed E-state index contributed by atoms with van der Waals surface area (Å²) in [6.45, 7) is 0. The van der Waals surface area contributed by atoms with E-state index in [1.54, 1.807) is 12.1 Å². The first kappa shape index (κ1) is 23.6. The van der Waals surface area contributed by atoms with Crippen LogP contribution in [0.2, 0.25) is 10.0 Å². The molecule has 1 heterocycles. The number of ether oxygens (including phenoxy) is 1. The highest BCUT2D eigenvalue weighted by molar-refractivity contribution is 9.10. The van der Waals surface area contributed by atoms with Crippen molar-refractivity contribution in [2.75, 3.05) is 0 Å². The Morgan fingerprint density at radius 3 is 2.33 bits per heavy atom. The molecule has 0 bridgehead atoms. The standard InChI is InChI=1S/C23H13BrCl2F3NO3/c24-20-17(13-5-2-1-3-6-13)7-4-8-18(20)21(31)32-19-12-22(33-30-19,23(27,28)29)14-9-15(25)11-16(26)10-14/h1-11H,12H2. The van der Waals surface area contributed by atoms with Crippen molar-refractivity contribution in [3.05, 3.63) is 92.4 Å². The molecule has 0 amide bonds. The number of carbonyl (C=O) groups is 1. The average molecular weight is 559 g/mol. The maximum atomic E-state index is 14.1. The molecule has 3 aromatic rings. The first-order valence-corrected chi connectivity index (χ1v) is 11.0. The Morgan fingerprint density at radius 2 is 1.70 bits per heavy atom. The summed E-state index contributed by atoms with van der Waals surface area (Å²) < 4.78 is 47.8. The van der Waals surface area contributed by atoms with Gasteiger partial charge in [-0.25, -0.2) is 4.79 Å². The minimum absolute atomic E-state index is 0.00294. The zero-order valence-electron chi connectivity index (χ0n) is 16.5. The Bertz CT molecular complexity index is 1230. The Morgan fingerprint density at radius 1 is 1.03 bits per heavy atom. The van der Waals surface area contributed by atoms with Crippen molar-refractivity contribution in [2.24, 2.45) is 5.16 Å². The Labute approximate surface area is 205 Å². The lowest BCUT2D eigenvalue weighted by atomic mass is 9.90. The van der Waals surface area contributed by atoms with Crippen molar-refractivity contribution in [1.29, 1.82) is 0 Å². The molecule has 0 saturated carbocycles. The fourth-order valence-electron chi connectivity index (χ4n) is 3.41. The first-order valence-electron chi connectivity index (χ1n) is 9.45. The zero-order chi connectivity index (χ0) is 23.8. The lowest BCUT2D eigenvalue weighted by molar-refractivity contribution is -0.275. The third-order valence-electron chi connectivity index (χ3n) is 5.00. The van der Waals surface area contributed by atoms with Gasteiger partial charge in [0.05, 0.1) is 12.0 Å². The fraction of sp³-hybridized carbons (Fsp3) is 0.130. The van der Waals surface area contributed by atoms with Gasteiger partial charge in [-0.3, -0.25) is 0 Å². The molecule has 1 aliphatic rings. The number of hydrogen-bond acceptors (Lipinski definition) is 4. The summed E-state index contributed by atoms with van der Waals surface area (Å²) in [5, 5.41) is 3.41. The molecule has 1 atom stereocenters. The molecule has 0 saturated heterocycles. The summed E-state index contributed by atoms with van der Waals surface area (Å²) in [5.41, 5.74) is -1.56. The van der Waals surface area contributed by atoms with Crippen LogP contribution in [0.25, 0.3) is 11.1 Å². The van der Waals surface area contributed by atoms with E-state index < -0.39 is 30.1 Å². The largest absolute Gasteiger partial charge is 0.435 e. The van der Waals surface area contributed by atoms with E-state index in [4.69, 9.17) is 32.8 Å². The zero-order valence-corrected chi connectivity index (χ0v) is 19.6. The van der Waals surface area contributed by atoms with Crippen molar-refractivity contribution in [3.8, 4) is 11.1 Å². The number of alkyl halides is 3. The van der Waals surface area contributed by atoms with Crippen molar-refractivity contribution in [1.82, 2.24) is 0 Å². The van der Waals surface area contributed by atoms with E-state index in [2.05, 4.69) is 21.1 Å². The van der Waals surface area contributed by atoms with Gasteiger partial charge in [0.25, 0.3) is 5.60 Å². The quantitative estimate of drug-likeness (QED) is 0.308. The second kappa shape index (κ2) is 9.00. The number of rotatable bonds is 3. The van der Waals surface area contributed by atoms with Crippen LogP contribution in [0.3, 0.4) is 0 Å². The van der Waals surface area contributed by atoms with Gasteiger partial charge >= 0.3 is 12.1 Å². The van der Waals surface area contributed by atoms with Crippen molar-refractivity contribution in [2.45, 2.75) is 18.2 Å². The van der Waals surface area contributed by atoms with Crippen LogP contribution in [0.5, 0.6) is 0 Å². The van der Waals surface area contributed by atoms with Gasteiger partial charge in [-0.1, -0.05) is 70.8 Å². The van der Waals surface area contributed by atoms with Crippen molar-refractivity contribution in [3.63, 3.8) is 0 Å². The van der Waals surface area contributed by atoms with Crippen LogP contribution in [0, 0.1) is 0 Å². The van der Waals surface area contributed by atoms with Gasteiger partial charge in [0.15, 0.2) is 0 Å². The van der Waals surface area contributed by atoms with E-state index in [1.807, 2.05) is 30.3 Å². The molecule has 0 spiro atoms. The Kier molecular flexibility index (Phi) is 6.44. The van der Waals surface area contributed by atoms with Gasteiger partial charge in [0.2, 0.25) is 5.90 Å². The molecule has 0 radical (unpaired) electrons. The molecule has 0 fully saturated rings. The topological polar surface area (TPSA) is 47.9 Å². The number of oxime groups is 1. The molecule has 0 N–H and O–H groups in total. The van der Waals surface area contributed by atoms with Crippen molar-refractivity contribution < 1.29 is 27.5 Å². The molecule has 10 heteroatoms. The van der Waals surface area contributed by atoms with Crippen LogP contribution in [0.1, 0.15) is 22.3 Å². The van der Waals surface area contributed by atoms with Gasteiger partial charge in [0.1, 0.15) is 0 Å². The number of hydrogen-bond donors (Lipinski definition) is 0. The monoisotopic (exact) mass is 557 g/mol. The molecule has 4 rings (SSSR count). The average Bonchev–Trinajstić information content (AvgIpc) is 3.19. The van der Waals surface area contributed by atoms with Gasteiger partial charge in [-0.05, 0) is 51.3 Å². The summed E-state index contributed by atoms with van der Waals surface area (Å²) in [6.07, 6.45) is -5.76. The number of carbonyl (C=O) groups excluding carboxylic acids is 1. The summed E-state index contributed by atoms with van der Waals surface area (Å²) in [4.78, 5) is 17.6. The molecule has 3 aromatic carbocycles. The highest BCUT2D eigenvalue weighted by Gasteiger charge is 2.63. The molecule has 1 unspecified atom stereocenters. The van der Waals surface area contributed by atoms with E-state index in [0.717, 1.165) is 17.7 Å². The van der Waals surface area contributed by atoms with E-state index in [9.17, 15) is 18.0 Å². The highest BCUT2D eigenvalue weighted by Crippen LogP contribution is 2.49. The Hall–Kier alpha value is -2.55. The van der Waals surface area contributed by atoms with Crippen LogP contribution in [-0.4, -0.2) is 18.0 Å². The molecule has 4 nitrogen and oxygen atoms in total. The van der Waals surface area contributed by atoms with Gasteiger partial charge in [-0.15, -0.1) is 0 Å². The normalized spacial score (nSPS) is 17.9. The molecule has 1 aliphatic heterocycles. The SMILES string of the molecule is O=C(OC1=NOC(c2cc(Cl)cc(Cl)c2)(C(F)(F)F)C1)c1cccc(-c2ccccc2)c1Br.